The number of guanidine groups is 1. The van der Waals surface area contributed by atoms with Crippen LogP contribution in [0.3, 0.4) is 0 Å². The molecule has 164 valence electrons. The van der Waals surface area contributed by atoms with E-state index in [1.54, 1.807) is 0 Å². The minimum absolute atomic E-state index is 0. The van der Waals surface area contributed by atoms with Gasteiger partial charge in [0.2, 0.25) is 5.88 Å². The summed E-state index contributed by atoms with van der Waals surface area (Å²) >= 11 is 0. The number of hydrogen-bond acceptors (Lipinski definition) is 4. The summed E-state index contributed by atoms with van der Waals surface area (Å²) in [4.78, 5) is 11.6. The Morgan fingerprint density at radius 1 is 1.27 bits per heavy atom. The lowest BCUT2D eigenvalue weighted by atomic mass is 10.0. The molecule has 0 radical (unpaired) electrons. The molecule has 1 aliphatic heterocycles. The molecule has 7 nitrogen and oxygen atoms in total. The van der Waals surface area contributed by atoms with Gasteiger partial charge in [-0.1, -0.05) is 0 Å². The summed E-state index contributed by atoms with van der Waals surface area (Å²) in [7, 11) is 1.97. The van der Waals surface area contributed by atoms with E-state index < -0.39 is 0 Å². The van der Waals surface area contributed by atoms with Gasteiger partial charge in [-0.05, 0) is 61.6 Å². The lowest BCUT2D eigenvalue weighted by Crippen LogP contribution is -2.40. The maximum absolute atomic E-state index is 5.80. The molecule has 0 spiro atoms. The van der Waals surface area contributed by atoms with Crippen LogP contribution < -0.4 is 10.1 Å². The molecule has 0 aromatic carbocycles. The Morgan fingerprint density at radius 3 is 2.87 bits per heavy atom. The summed E-state index contributed by atoms with van der Waals surface area (Å²) in [6.07, 6.45) is 10.8. The normalized spacial score (nSPS) is 18.9. The number of aromatic nitrogens is 3. The molecular weight excluding hydrogens is 491 g/mol. The maximum atomic E-state index is 5.80. The predicted molar refractivity (Wildman–Crippen MR) is 129 cm³/mol. The molecule has 1 saturated heterocycles. The van der Waals surface area contributed by atoms with Crippen LogP contribution in [0, 0.1) is 11.8 Å². The second-order valence-corrected chi connectivity index (χ2v) is 8.25. The Bertz CT molecular complexity index is 835. The Kier molecular flexibility index (Phi) is 8.35. The minimum Gasteiger partial charge on any atom is -0.477 e. The van der Waals surface area contributed by atoms with Crippen molar-refractivity contribution in [1.29, 1.82) is 0 Å². The Hall–Kier alpha value is -1.84. The molecule has 1 aliphatic carbocycles. The highest BCUT2D eigenvalue weighted by Gasteiger charge is 2.25. The summed E-state index contributed by atoms with van der Waals surface area (Å²) < 4.78 is 7.68. The average Bonchev–Trinajstić information content (AvgIpc) is 3.30. The van der Waals surface area contributed by atoms with Gasteiger partial charge < -0.3 is 15.0 Å². The Balaban J connectivity index is 0.00000256. The summed E-state index contributed by atoms with van der Waals surface area (Å²) in [5, 5.41) is 7.75. The van der Waals surface area contributed by atoms with E-state index in [9.17, 15) is 0 Å². The highest BCUT2D eigenvalue weighted by Crippen LogP contribution is 2.29. The predicted octanol–water partition coefficient (Wildman–Crippen LogP) is 3.25. The van der Waals surface area contributed by atoms with Gasteiger partial charge in [0.25, 0.3) is 0 Å². The first kappa shape index (κ1) is 22.8. The van der Waals surface area contributed by atoms with E-state index in [4.69, 9.17) is 9.73 Å². The Morgan fingerprint density at radius 2 is 2.13 bits per heavy atom. The van der Waals surface area contributed by atoms with Crippen molar-refractivity contribution in [3.63, 3.8) is 0 Å². The summed E-state index contributed by atoms with van der Waals surface area (Å²) in [5.41, 5.74) is 2.45. The van der Waals surface area contributed by atoms with Crippen LogP contribution in [0.25, 0.3) is 0 Å². The quantitative estimate of drug-likeness (QED) is 0.326. The van der Waals surface area contributed by atoms with Gasteiger partial charge in [0, 0.05) is 45.1 Å². The monoisotopic (exact) mass is 524 g/mol. The Labute approximate surface area is 196 Å². The molecule has 2 aromatic rings. The number of halogens is 1. The van der Waals surface area contributed by atoms with Crippen LogP contribution >= 0.6 is 24.0 Å². The SMILES string of the molecule is CCNC(=NCc1ccnc(OCC2CC2)c1)N1CCC(Cc2cnn(C)c2)C1.I. The van der Waals surface area contributed by atoms with Crippen molar-refractivity contribution in [3.8, 4) is 5.88 Å². The first-order valence-corrected chi connectivity index (χ1v) is 10.8. The van der Waals surface area contributed by atoms with Gasteiger partial charge >= 0.3 is 0 Å². The van der Waals surface area contributed by atoms with Crippen LogP contribution in [0.1, 0.15) is 37.3 Å². The van der Waals surface area contributed by atoms with Crippen molar-refractivity contribution in [1.82, 2.24) is 25.0 Å². The summed E-state index contributed by atoms with van der Waals surface area (Å²) in [6, 6.07) is 4.04. The van der Waals surface area contributed by atoms with Crippen molar-refractivity contribution in [2.75, 3.05) is 26.2 Å². The highest BCUT2D eigenvalue weighted by molar-refractivity contribution is 14.0. The van der Waals surface area contributed by atoms with E-state index in [0.29, 0.717) is 18.3 Å². The van der Waals surface area contributed by atoms with Gasteiger partial charge in [0.15, 0.2) is 5.96 Å². The number of likely N-dealkylation sites (tertiary alicyclic amines) is 1. The van der Waals surface area contributed by atoms with Crippen molar-refractivity contribution >= 4 is 29.9 Å². The molecule has 2 fully saturated rings. The summed E-state index contributed by atoms with van der Waals surface area (Å²) in [6.45, 7) is 6.49. The molecule has 3 heterocycles. The van der Waals surface area contributed by atoms with Gasteiger partial charge in [0.1, 0.15) is 0 Å². The zero-order valence-electron chi connectivity index (χ0n) is 18.0. The first-order valence-electron chi connectivity index (χ1n) is 10.8. The molecule has 1 N–H and O–H groups in total. The number of aliphatic imine (C=N–C) groups is 1. The van der Waals surface area contributed by atoms with E-state index in [-0.39, 0.29) is 24.0 Å². The zero-order chi connectivity index (χ0) is 20.1. The first-order chi connectivity index (χ1) is 14.2. The third-order valence-electron chi connectivity index (χ3n) is 5.58. The molecule has 4 rings (SSSR count). The zero-order valence-corrected chi connectivity index (χ0v) is 20.3. The molecule has 1 saturated carbocycles. The molecule has 8 heteroatoms. The van der Waals surface area contributed by atoms with E-state index in [0.717, 1.165) is 50.1 Å². The number of aryl methyl sites for hydroxylation is 1. The number of pyridine rings is 1. The minimum atomic E-state index is 0. The van der Waals surface area contributed by atoms with Crippen molar-refractivity contribution < 1.29 is 4.74 Å². The third kappa shape index (κ3) is 6.58. The maximum Gasteiger partial charge on any atom is 0.213 e. The van der Waals surface area contributed by atoms with Gasteiger partial charge in [-0.15, -0.1) is 24.0 Å². The largest absolute Gasteiger partial charge is 0.477 e. The second-order valence-electron chi connectivity index (χ2n) is 8.25. The van der Waals surface area contributed by atoms with Crippen LogP contribution in [0.2, 0.25) is 0 Å². The van der Waals surface area contributed by atoms with Crippen LogP contribution in [-0.4, -0.2) is 51.9 Å². The number of nitrogens with zero attached hydrogens (tertiary/aromatic N) is 5. The average molecular weight is 524 g/mol. The highest BCUT2D eigenvalue weighted by atomic mass is 127. The van der Waals surface area contributed by atoms with Gasteiger partial charge in [-0.3, -0.25) is 4.68 Å². The smallest absolute Gasteiger partial charge is 0.213 e. The van der Waals surface area contributed by atoms with Gasteiger partial charge in [-0.25, -0.2) is 9.98 Å². The van der Waals surface area contributed by atoms with Crippen LogP contribution in [0.15, 0.2) is 35.7 Å². The van der Waals surface area contributed by atoms with E-state index in [1.165, 1.54) is 24.8 Å². The van der Waals surface area contributed by atoms with Crippen LogP contribution in [0.5, 0.6) is 5.88 Å². The summed E-state index contributed by atoms with van der Waals surface area (Å²) in [5.74, 6) is 3.09. The molecular formula is C22H33IN6O. The van der Waals surface area contributed by atoms with Crippen LogP contribution in [0.4, 0.5) is 0 Å². The molecule has 0 bridgehead atoms. The van der Waals surface area contributed by atoms with Gasteiger partial charge in [-0.2, -0.15) is 5.10 Å². The van der Waals surface area contributed by atoms with Crippen LogP contribution in [-0.2, 0) is 20.0 Å². The molecule has 2 aromatic heterocycles. The number of ether oxygens (including phenoxy) is 1. The molecule has 30 heavy (non-hydrogen) atoms. The van der Waals surface area contributed by atoms with Gasteiger partial charge in [0.05, 0.1) is 19.3 Å². The van der Waals surface area contributed by atoms with E-state index >= 15 is 0 Å². The molecule has 1 atom stereocenters. The topological polar surface area (TPSA) is 67.6 Å². The fraction of sp³-hybridized carbons (Fsp3) is 0.591. The fourth-order valence-corrected chi connectivity index (χ4v) is 3.81. The number of rotatable bonds is 8. The fourth-order valence-electron chi connectivity index (χ4n) is 3.81. The van der Waals surface area contributed by atoms with Crippen molar-refractivity contribution in [2.45, 2.75) is 39.2 Å². The lowest BCUT2D eigenvalue weighted by Gasteiger charge is -2.21. The van der Waals surface area contributed by atoms with E-state index in [2.05, 4.69) is 33.4 Å². The van der Waals surface area contributed by atoms with E-state index in [1.807, 2.05) is 36.3 Å². The molecule has 0 amide bonds. The molecule has 2 aliphatic rings. The lowest BCUT2D eigenvalue weighted by molar-refractivity contribution is 0.288. The van der Waals surface area contributed by atoms with Crippen molar-refractivity contribution in [3.05, 3.63) is 41.9 Å². The van der Waals surface area contributed by atoms with Crippen molar-refractivity contribution in [2.24, 2.45) is 23.9 Å². The second kappa shape index (κ2) is 11.0. The number of nitrogens with one attached hydrogen (secondary N) is 1. The molecule has 1 unspecified atom stereocenters. The third-order valence-corrected chi connectivity index (χ3v) is 5.58. The standard InChI is InChI=1S/C22H32N6O.HI/c1-3-23-22(28-9-7-19(15-28)10-20-13-26-27(2)14-20)25-12-18-6-8-24-21(11-18)29-16-17-4-5-17;/h6,8,11,13-14,17,19H,3-5,7,9-10,12,15-16H2,1-2H3,(H,23,25);1H. The number of hydrogen-bond donors (Lipinski definition) is 1.